The minimum Gasteiger partial charge on any atom is -0.468 e. The predicted octanol–water partition coefficient (Wildman–Crippen LogP) is 0.578. The van der Waals surface area contributed by atoms with Crippen LogP contribution in [-0.2, 0) is 14.3 Å². The maximum atomic E-state index is 12.2. The second-order valence-electron chi connectivity index (χ2n) is 5.27. The number of hydrogen-bond donors (Lipinski definition) is 1. The molecule has 0 spiro atoms. The molecule has 1 heterocycles. The fourth-order valence-corrected chi connectivity index (χ4v) is 2.62. The van der Waals surface area contributed by atoms with Crippen molar-refractivity contribution in [2.45, 2.75) is 25.0 Å². The molecule has 0 aromatic heterocycles. The highest BCUT2D eigenvalue weighted by molar-refractivity contribution is 6.21. The van der Waals surface area contributed by atoms with Gasteiger partial charge in [-0.25, -0.2) is 0 Å². The first-order chi connectivity index (χ1) is 11.0. The number of hydrogen-bond acceptors (Lipinski definition) is 6. The van der Waals surface area contributed by atoms with Gasteiger partial charge in [0.25, 0.3) is 11.8 Å². The maximum absolute atomic E-state index is 12.2. The highest BCUT2D eigenvalue weighted by Crippen LogP contribution is 2.23. The summed E-state index contributed by atoms with van der Waals surface area (Å²) in [5, 5.41) is 0. The average Bonchev–Trinajstić information content (AvgIpc) is 2.82. The number of nitrogens with zero attached hydrogens (tertiary/aromatic N) is 1. The zero-order chi connectivity index (χ0) is 17.0. The number of nitrogens with two attached hydrogens (primary N) is 1. The fraction of sp³-hybridized carbons (Fsp3) is 0.438. The first-order valence-corrected chi connectivity index (χ1v) is 7.32. The van der Waals surface area contributed by atoms with E-state index in [9.17, 15) is 14.4 Å². The molecule has 1 aromatic carbocycles. The van der Waals surface area contributed by atoms with E-state index < -0.39 is 18.1 Å². The van der Waals surface area contributed by atoms with Crippen molar-refractivity contribution in [1.29, 1.82) is 0 Å². The molecule has 2 unspecified atom stereocenters. The Hall–Kier alpha value is -2.25. The van der Waals surface area contributed by atoms with E-state index in [1.807, 2.05) is 0 Å². The molecule has 1 aliphatic heterocycles. The lowest BCUT2D eigenvalue weighted by molar-refractivity contribution is -0.145. The lowest BCUT2D eigenvalue weighted by atomic mass is 10.1. The number of esters is 1. The van der Waals surface area contributed by atoms with Gasteiger partial charge in [-0.1, -0.05) is 12.1 Å². The molecular weight excluding hydrogens is 300 g/mol. The van der Waals surface area contributed by atoms with E-state index in [0.29, 0.717) is 24.0 Å². The van der Waals surface area contributed by atoms with Crippen LogP contribution >= 0.6 is 0 Å². The van der Waals surface area contributed by atoms with E-state index in [-0.39, 0.29) is 18.4 Å². The van der Waals surface area contributed by atoms with Crippen molar-refractivity contribution in [2.75, 3.05) is 20.8 Å². The Kier molecular flexibility index (Phi) is 5.46. The van der Waals surface area contributed by atoms with Crippen molar-refractivity contribution in [3.8, 4) is 0 Å². The second kappa shape index (κ2) is 7.34. The quantitative estimate of drug-likeness (QED) is 0.583. The Morgan fingerprint density at radius 2 is 1.74 bits per heavy atom. The number of rotatable bonds is 7. The van der Waals surface area contributed by atoms with Crippen LogP contribution in [0.1, 0.15) is 33.6 Å². The molecule has 7 heteroatoms. The summed E-state index contributed by atoms with van der Waals surface area (Å²) < 4.78 is 9.79. The third-order valence-corrected chi connectivity index (χ3v) is 3.93. The van der Waals surface area contributed by atoms with Gasteiger partial charge < -0.3 is 15.2 Å². The third kappa shape index (κ3) is 3.40. The summed E-state index contributed by atoms with van der Waals surface area (Å²) in [6.07, 6.45) is 0.382. The van der Waals surface area contributed by atoms with Crippen molar-refractivity contribution >= 4 is 17.8 Å². The Bertz CT molecular complexity index is 581. The molecule has 0 radical (unpaired) electrons. The van der Waals surface area contributed by atoms with Gasteiger partial charge in [0.1, 0.15) is 6.04 Å². The predicted molar refractivity (Wildman–Crippen MR) is 81.8 cm³/mol. The van der Waals surface area contributed by atoms with Gasteiger partial charge in [0.05, 0.1) is 24.3 Å². The Balaban J connectivity index is 1.93. The zero-order valence-electron chi connectivity index (χ0n) is 13.2. The molecular formula is C16H20N2O5. The number of benzene rings is 1. The minimum absolute atomic E-state index is 0.250. The number of amides is 2. The average molecular weight is 320 g/mol. The van der Waals surface area contributed by atoms with Crippen LogP contribution in [0, 0.1) is 0 Å². The van der Waals surface area contributed by atoms with E-state index in [1.165, 1.54) is 19.1 Å². The summed E-state index contributed by atoms with van der Waals surface area (Å²) in [5.74, 6) is -1.15. The summed E-state index contributed by atoms with van der Waals surface area (Å²) >= 11 is 0. The monoisotopic (exact) mass is 320 g/mol. The SMILES string of the molecule is COC(=O)C(N)C(CCCN1C(=O)c2ccccc2C1=O)OC. The Labute approximate surface area is 134 Å². The van der Waals surface area contributed by atoms with E-state index in [1.54, 1.807) is 24.3 Å². The molecule has 124 valence electrons. The number of fused-ring (bicyclic) bond motifs is 1. The van der Waals surface area contributed by atoms with E-state index in [0.717, 1.165) is 0 Å². The van der Waals surface area contributed by atoms with Crippen LogP contribution in [0.25, 0.3) is 0 Å². The molecule has 0 bridgehead atoms. The van der Waals surface area contributed by atoms with Crippen LogP contribution in [0.4, 0.5) is 0 Å². The Morgan fingerprint density at radius 1 is 1.17 bits per heavy atom. The molecule has 23 heavy (non-hydrogen) atoms. The van der Waals surface area contributed by atoms with Crippen molar-refractivity contribution in [3.05, 3.63) is 35.4 Å². The van der Waals surface area contributed by atoms with Crippen molar-refractivity contribution in [2.24, 2.45) is 5.73 Å². The molecule has 2 rings (SSSR count). The topological polar surface area (TPSA) is 98.9 Å². The molecule has 1 aromatic rings. The van der Waals surface area contributed by atoms with Crippen LogP contribution in [-0.4, -0.2) is 55.6 Å². The highest BCUT2D eigenvalue weighted by atomic mass is 16.5. The fourth-order valence-electron chi connectivity index (χ4n) is 2.62. The summed E-state index contributed by atoms with van der Waals surface area (Å²) in [6.45, 7) is 0.250. The molecule has 2 N–H and O–H groups in total. The van der Waals surface area contributed by atoms with Gasteiger partial charge in [-0.15, -0.1) is 0 Å². The number of imide groups is 1. The molecule has 7 nitrogen and oxygen atoms in total. The number of carbonyl (C=O) groups is 3. The third-order valence-electron chi connectivity index (χ3n) is 3.93. The minimum atomic E-state index is -0.896. The molecule has 0 fully saturated rings. The van der Waals surface area contributed by atoms with Crippen LogP contribution in [0.5, 0.6) is 0 Å². The number of ether oxygens (including phenoxy) is 2. The van der Waals surface area contributed by atoms with E-state index in [4.69, 9.17) is 10.5 Å². The standard InChI is InChI=1S/C16H20N2O5/c1-22-12(13(17)16(21)23-2)8-5-9-18-14(19)10-6-3-4-7-11(10)15(18)20/h3-4,6-7,12-13H,5,8-9,17H2,1-2H3. The summed E-state index contributed by atoms with van der Waals surface area (Å²) in [6, 6.07) is 5.84. The van der Waals surface area contributed by atoms with Crippen LogP contribution in [0.2, 0.25) is 0 Å². The molecule has 1 aliphatic rings. The van der Waals surface area contributed by atoms with Crippen molar-refractivity contribution < 1.29 is 23.9 Å². The van der Waals surface area contributed by atoms with Crippen LogP contribution in [0.3, 0.4) is 0 Å². The first-order valence-electron chi connectivity index (χ1n) is 7.32. The van der Waals surface area contributed by atoms with Gasteiger partial charge in [0.15, 0.2) is 0 Å². The second-order valence-corrected chi connectivity index (χ2v) is 5.27. The smallest absolute Gasteiger partial charge is 0.325 e. The number of methoxy groups -OCH3 is 2. The van der Waals surface area contributed by atoms with E-state index >= 15 is 0 Å². The maximum Gasteiger partial charge on any atom is 0.325 e. The number of carbonyl (C=O) groups excluding carboxylic acids is 3. The molecule has 0 saturated heterocycles. The van der Waals surface area contributed by atoms with Crippen LogP contribution in [0.15, 0.2) is 24.3 Å². The van der Waals surface area contributed by atoms with Gasteiger partial charge in [-0.3, -0.25) is 19.3 Å². The van der Waals surface area contributed by atoms with Gasteiger partial charge in [-0.05, 0) is 25.0 Å². The van der Waals surface area contributed by atoms with Crippen LogP contribution < -0.4 is 5.73 Å². The first kappa shape index (κ1) is 17.1. The summed E-state index contributed by atoms with van der Waals surface area (Å²) in [5.41, 5.74) is 6.60. The van der Waals surface area contributed by atoms with E-state index in [2.05, 4.69) is 4.74 Å². The lowest BCUT2D eigenvalue weighted by Gasteiger charge is -2.21. The van der Waals surface area contributed by atoms with Crippen molar-refractivity contribution in [1.82, 2.24) is 4.90 Å². The lowest BCUT2D eigenvalue weighted by Crippen LogP contribution is -2.44. The Morgan fingerprint density at radius 3 is 2.22 bits per heavy atom. The summed E-state index contributed by atoms with van der Waals surface area (Å²) in [4.78, 5) is 37.1. The molecule has 2 amide bonds. The van der Waals surface area contributed by atoms with Gasteiger partial charge in [0, 0.05) is 13.7 Å². The van der Waals surface area contributed by atoms with Gasteiger partial charge >= 0.3 is 5.97 Å². The molecule has 0 aliphatic carbocycles. The van der Waals surface area contributed by atoms with Crippen molar-refractivity contribution in [3.63, 3.8) is 0 Å². The van der Waals surface area contributed by atoms with Gasteiger partial charge in [-0.2, -0.15) is 0 Å². The molecule has 0 saturated carbocycles. The van der Waals surface area contributed by atoms with Gasteiger partial charge in [0.2, 0.25) is 0 Å². The largest absolute Gasteiger partial charge is 0.468 e. The molecule has 2 atom stereocenters. The normalized spacial score (nSPS) is 16.2. The summed E-state index contributed by atoms with van der Waals surface area (Å²) in [7, 11) is 2.71. The highest BCUT2D eigenvalue weighted by Gasteiger charge is 2.35. The zero-order valence-corrected chi connectivity index (χ0v) is 13.2.